The summed E-state index contributed by atoms with van der Waals surface area (Å²) < 4.78 is 31.1. The Kier molecular flexibility index (Phi) is 7.15. The molecule has 0 aliphatic rings. The van der Waals surface area contributed by atoms with Crippen molar-refractivity contribution in [3.63, 3.8) is 0 Å². The maximum atomic E-state index is 15.5. The Morgan fingerprint density at radius 3 is 0.895 bits per heavy atom. The predicted molar refractivity (Wildman–Crippen MR) is 164 cm³/mol. The molecule has 0 bridgehead atoms. The molecule has 2 nitrogen and oxygen atoms in total. The minimum absolute atomic E-state index is 0.440. The lowest BCUT2D eigenvalue weighted by Crippen LogP contribution is -2.39. The van der Waals surface area contributed by atoms with E-state index in [0.29, 0.717) is 0 Å². The van der Waals surface area contributed by atoms with Crippen molar-refractivity contribution in [1.82, 2.24) is 0 Å². The topological polar surface area (TPSA) is 34.1 Å². The van der Waals surface area contributed by atoms with E-state index in [4.69, 9.17) is 0 Å². The van der Waals surface area contributed by atoms with Crippen molar-refractivity contribution in [3.05, 3.63) is 145 Å². The van der Waals surface area contributed by atoms with E-state index >= 15 is 9.13 Å². The average molecular weight is 535 g/mol. The molecule has 5 aromatic carbocycles. The molecule has 0 aliphatic heterocycles. The molecular weight excluding hydrogens is 502 g/mol. The zero-order valence-electron chi connectivity index (χ0n) is 22.0. The summed E-state index contributed by atoms with van der Waals surface area (Å²) in [6, 6.07) is 44.7. The van der Waals surface area contributed by atoms with E-state index < -0.39 is 19.7 Å². The van der Waals surface area contributed by atoms with Gasteiger partial charge in [0.15, 0.2) is 14.3 Å². The Bertz CT molecular complexity index is 1420. The van der Waals surface area contributed by atoms with Crippen molar-refractivity contribution >= 4 is 46.1 Å². The summed E-state index contributed by atoms with van der Waals surface area (Å²) >= 11 is 0. The van der Waals surface area contributed by atoms with Crippen LogP contribution in [0, 0.1) is 0 Å². The second-order valence-electron chi connectivity index (χ2n) is 10.5. The molecule has 0 spiro atoms. The molecule has 0 N–H and O–H groups in total. The van der Waals surface area contributed by atoms with Gasteiger partial charge in [-0.05, 0) is 11.0 Å². The highest BCUT2D eigenvalue weighted by Gasteiger charge is 2.40. The molecule has 5 aromatic rings. The molecule has 0 unspecified atom stereocenters. The van der Waals surface area contributed by atoms with E-state index in [-0.39, 0.29) is 0 Å². The van der Waals surface area contributed by atoms with Gasteiger partial charge in [-0.3, -0.25) is 0 Å². The maximum absolute atomic E-state index is 15.5. The van der Waals surface area contributed by atoms with Crippen molar-refractivity contribution in [2.75, 3.05) is 0 Å². The highest BCUT2D eigenvalue weighted by molar-refractivity contribution is 7.87. The first-order chi connectivity index (χ1) is 18.3. The van der Waals surface area contributed by atoms with Crippen molar-refractivity contribution in [1.29, 1.82) is 0 Å². The van der Waals surface area contributed by atoms with E-state index in [2.05, 4.69) is 20.8 Å². The second-order valence-corrected chi connectivity index (χ2v) is 15.9. The first-order valence-electron chi connectivity index (χ1n) is 12.8. The van der Waals surface area contributed by atoms with Gasteiger partial charge in [0.25, 0.3) is 0 Å². The third-order valence-corrected chi connectivity index (χ3v) is 13.1. The molecule has 5 rings (SSSR count). The van der Waals surface area contributed by atoms with Gasteiger partial charge in [0.2, 0.25) is 0 Å². The minimum atomic E-state index is -3.31. The fraction of sp³-hybridized carbons (Fsp3) is 0.118. The molecule has 38 heavy (non-hydrogen) atoms. The Morgan fingerprint density at radius 1 is 0.395 bits per heavy atom. The highest BCUT2D eigenvalue weighted by Crippen LogP contribution is 2.49. The molecular formula is C34H32O2P2. The average Bonchev–Trinajstić information content (AvgIpc) is 2.97. The smallest absolute Gasteiger partial charge is 0.171 e. The molecule has 0 aliphatic carbocycles. The van der Waals surface area contributed by atoms with Crippen LogP contribution in [-0.2, 0) is 14.5 Å². The fourth-order valence-electron chi connectivity index (χ4n) is 5.23. The molecule has 190 valence electrons. The predicted octanol–water partition coefficient (Wildman–Crippen LogP) is 6.26. The number of benzene rings is 5. The van der Waals surface area contributed by atoms with Crippen LogP contribution in [-0.4, -0.2) is 0 Å². The van der Waals surface area contributed by atoms with Gasteiger partial charge >= 0.3 is 0 Å². The van der Waals surface area contributed by atoms with Crippen LogP contribution in [0.3, 0.4) is 0 Å². The van der Waals surface area contributed by atoms with Crippen LogP contribution in [0.2, 0.25) is 0 Å². The van der Waals surface area contributed by atoms with Crippen LogP contribution in [0.15, 0.2) is 140 Å². The summed E-state index contributed by atoms with van der Waals surface area (Å²) in [6.07, 6.45) is 0. The normalized spacial score (nSPS) is 12.3. The van der Waals surface area contributed by atoms with Gasteiger partial charge in [0.05, 0.1) is 0 Å². The highest BCUT2D eigenvalue weighted by atomic mass is 31.2. The summed E-state index contributed by atoms with van der Waals surface area (Å²) in [5.41, 5.74) is 0.441. The quantitative estimate of drug-likeness (QED) is 0.241. The van der Waals surface area contributed by atoms with E-state index in [0.717, 1.165) is 37.4 Å². The largest absolute Gasteiger partial charge is 0.309 e. The van der Waals surface area contributed by atoms with Gasteiger partial charge in [-0.1, -0.05) is 160 Å². The number of hydrogen-bond acceptors (Lipinski definition) is 2. The monoisotopic (exact) mass is 534 g/mol. The summed E-state index contributed by atoms with van der Waals surface area (Å²) in [4.78, 5) is 0. The van der Waals surface area contributed by atoms with Crippen LogP contribution >= 0.6 is 14.3 Å². The van der Waals surface area contributed by atoms with Crippen LogP contribution in [0.1, 0.15) is 26.3 Å². The molecule has 0 amide bonds. The van der Waals surface area contributed by atoms with E-state index in [1.54, 1.807) is 0 Å². The van der Waals surface area contributed by atoms with E-state index in [9.17, 15) is 0 Å². The third kappa shape index (κ3) is 4.54. The maximum Gasteiger partial charge on any atom is 0.171 e. The molecule has 0 heterocycles. The van der Waals surface area contributed by atoms with Gasteiger partial charge in [0, 0.05) is 31.8 Å². The molecule has 0 saturated carbocycles. The third-order valence-electron chi connectivity index (χ3n) is 6.93. The SMILES string of the molecule is CC(C)(C)c1c(P(=O)(c2ccccc2)c2ccccc2)cccc1P(=O)(c1ccccc1)c1ccccc1. The zero-order valence-corrected chi connectivity index (χ0v) is 23.8. The van der Waals surface area contributed by atoms with Gasteiger partial charge in [-0.25, -0.2) is 0 Å². The summed E-state index contributed by atoms with van der Waals surface area (Å²) in [7, 11) is -6.62. The summed E-state index contributed by atoms with van der Waals surface area (Å²) in [5.74, 6) is 0. The van der Waals surface area contributed by atoms with Crippen molar-refractivity contribution in [2.45, 2.75) is 26.2 Å². The molecule has 0 fully saturated rings. The Labute approximate surface area is 226 Å². The Hall–Kier alpha value is -3.44. The van der Waals surface area contributed by atoms with Crippen LogP contribution in [0.5, 0.6) is 0 Å². The molecule has 0 radical (unpaired) electrons. The van der Waals surface area contributed by atoms with Gasteiger partial charge < -0.3 is 9.13 Å². The lowest BCUT2D eigenvalue weighted by atomic mass is 9.87. The standard InChI is InChI=1S/C34H32O2P2/c1-34(2,3)33-31(37(35,27-17-8-4-9-18-27)28-19-10-5-11-20-28)25-16-26-32(33)38(36,29-21-12-6-13-22-29)30-23-14-7-15-24-30/h4-26H,1-3H3. The van der Waals surface area contributed by atoms with Crippen LogP contribution in [0.4, 0.5) is 0 Å². The van der Waals surface area contributed by atoms with Crippen molar-refractivity contribution in [3.8, 4) is 0 Å². The van der Waals surface area contributed by atoms with E-state index in [1.807, 2.05) is 140 Å². The van der Waals surface area contributed by atoms with Crippen LogP contribution in [0.25, 0.3) is 0 Å². The fourth-order valence-corrected chi connectivity index (χ4v) is 11.5. The Balaban J connectivity index is 1.92. The second kappa shape index (κ2) is 10.4. The molecule has 0 atom stereocenters. The molecule has 4 heteroatoms. The van der Waals surface area contributed by atoms with E-state index in [1.165, 1.54) is 0 Å². The van der Waals surface area contributed by atoms with Crippen molar-refractivity contribution in [2.24, 2.45) is 0 Å². The van der Waals surface area contributed by atoms with Crippen LogP contribution < -0.4 is 31.8 Å². The first kappa shape index (κ1) is 26.2. The molecule has 0 saturated heterocycles. The number of rotatable bonds is 6. The zero-order chi connectivity index (χ0) is 26.8. The summed E-state index contributed by atoms with van der Waals surface area (Å²) in [5, 5.41) is 4.55. The lowest BCUT2D eigenvalue weighted by molar-refractivity contribution is 0.581. The number of hydrogen-bond donors (Lipinski definition) is 0. The van der Waals surface area contributed by atoms with Crippen molar-refractivity contribution < 1.29 is 9.13 Å². The summed E-state index contributed by atoms with van der Waals surface area (Å²) in [6.45, 7) is 6.36. The van der Waals surface area contributed by atoms with Gasteiger partial charge in [0.1, 0.15) is 0 Å². The minimum Gasteiger partial charge on any atom is -0.309 e. The van der Waals surface area contributed by atoms with Gasteiger partial charge in [-0.15, -0.1) is 0 Å². The Morgan fingerprint density at radius 2 is 0.658 bits per heavy atom. The van der Waals surface area contributed by atoms with Gasteiger partial charge in [-0.2, -0.15) is 0 Å². The lowest BCUT2D eigenvalue weighted by Gasteiger charge is -2.33. The molecule has 0 aromatic heterocycles. The first-order valence-corrected chi connectivity index (χ1v) is 16.3.